The first-order valence-electron chi connectivity index (χ1n) is 4.05. The molecule has 0 aromatic carbocycles. The first kappa shape index (κ1) is 21.8. The molecule has 0 bridgehead atoms. The van der Waals surface area contributed by atoms with Crippen LogP contribution < -0.4 is 34.7 Å². The molecule has 0 unspecified atom stereocenters. The summed E-state index contributed by atoms with van der Waals surface area (Å²) in [4.78, 5) is 19.6. The number of rotatable bonds is 5. The van der Waals surface area contributed by atoms with Gasteiger partial charge in [0.1, 0.15) is 0 Å². The van der Waals surface area contributed by atoms with Gasteiger partial charge in [0.2, 0.25) is 0 Å². The first-order valence-corrected chi connectivity index (χ1v) is 5.66. The second-order valence-corrected chi connectivity index (χ2v) is 4.27. The SMILES string of the molecule is CCS(=O)(=O)O.N=C(CCC(=O)O)C(=O)[O-].[Na+]. The third-order valence-corrected chi connectivity index (χ3v) is 1.93. The van der Waals surface area contributed by atoms with Crippen molar-refractivity contribution in [1.29, 1.82) is 5.41 Å². The molecule has 8 nitrogen and oxygen atoms in total. The molecule has 0 aliphatic heterocycles. The van der Waals surface area contributed by atoms with Gasteiger partial charge in [0, 0.05) is 6.42 Å². The summed E-state index contributed by atoms with van der Waals surface area (Å²) in [7, 11) is -3.66. The number of hydrogen-bond acceptors (Lipinski definition) is 6. The van der Waals surface area contributed by atoms with Crippen molar-refractivity contribution in [3.8, 4) is 0 Å². The quantitative estimate of drug-likeness (QED) is 0.260. The maximum absolute atomic E-state index is 9.82. The summed E-state index contributed by atoms with van der Waals surface area (Å²) in [5, 5.41) is 24.4. The smallest absolute Gasteiger partial charge is 0.544 e. The van der Waals surface area contributed by atoms with E-state index in [0.717, 1.165) is 0 Å². The van der Waals surface area contributed by atoms with E-state index in [-0.39, 0.29) is 48.2 Å². The molecule has 0 atom stereocenters. The van der Waals surface area contributed by atoms with E-state index in [1.165, 1.54) is 6.92 Å². The van der Waals surface area contributed by atoms with E-state index in [9.17, 15) is 23.1 Å². The van der Waals surface area contributed by atoms with E-state index in [4.69, 9.17) is 15.1 Å². The number of aliphatic carboxylic acids is 2. The average Bonchev–Trinajstić information content (AvgIpc) is 2.13. The van der Waals surface area contributed by atoms with Crippen molar-refractivity contribution in [3.05, 3.63) is 0 Å². The Kier molecular flexibility index (Phi) is 13.7. The van der Waals surface area contributed by atoms with Gasteiger partial charge in [0.25, 0.3) is 10.1 Å². The van der Waals surface area contributed by atoms with E-state index in [1.54, 1.807) is 0 Å². The molecular weight excluding hydrogens is 265 g/mol. The second kappa shape index (κ2) is 10.7. The Balaban J connectivity index is -0.000000244. The van der Waals surface area contributed by atoms with Crippen LogP contribution in [0.2, 0.25) is 0 Å². The summed E-state index contributed by atoms with van der Waals surface area (Å²) in [6.07, 6.45) is -0.621. The number of carbonyl (C=O) groups is 2. The van der Waals surface area contributed by atoms with Gasteiger partial charge in [0.15, 0.2) is 0 Å². The maximum Gasteiger partial charge on any atom is 1.00 e. The van der Waals surface area contributed by atoms with Crippen molar-refractivity contribution in [2.45, 2.75) is 19.8 Å². The molecule has 0 fully saturated rings. The van der Waals surface area contributed by atoms with Crippen LogP contribution in [0.25, 0.3) is 0 Å². The summed E-state index contributed by atoms with van der Waals surface area (Å²) >= 11 is 0. The number of carboxylic acids is 2. The molecular formula is C7H12NNaO7S. The zero-order valence-corrected chi connectivity index (χ0v) is 12.3. The first-order chi connectivity index (χ1) is 7.10. The van der Waals surface area contributed by atoms with Gasteiger partial charge in [-0.25, -0.2) is 0 Å². The summed E-state index contributed by atoms with van der Waals surface area (Å²) in [6, 6.07) is 0. The maximum atomic E-state index is 9.82. The van der Waals surface area contributed by atoms with Crippen LogP contribution in [0.4, 0.5) is 0 Å². The van der Waals surface area contributed by atoms with Crippen LogP contribution in [0.1, 0.15) is 19.8 Å². The van der Waals surface area contributed by atoms with Crippen molar-refractivity contribution in [2.75, 3.05) is 5.75 Å². The predicted molar refractivity (Wildman–Crippen MR) is 51.7 cm³/mol. The van der Waals surface area contributed by atoms with Crippen molar-refractivity contribution in [1.82, 2.24) is 0 Å². The predicted octanol–water partition coefficient (Wildman–Crippen LogP) is -4.48. The van der Waals surface area contributed by atoms with Crippen molar-refractivity contribution >= 4 is 27.8 Å². The van der Waals surface area contributed by atoms with Crippen molar-refractivity contribution in [3.63, 3.8) is 0 Å². The number of carbonyl (C=O) groups excluding carboxylic acids is 1. The molecule has 0 aliphatic carbocycles. The van der Waals surface area contributed by atoms with Gasteiger partial charge < -0.3 is 20.4 Å². The molecule has 0 saturated carbocycles. The minimum atomic E-state index is -3.66. The number of carboxylic acid groups (broad SMARTS) is 2. The molecule has 0 saturated heterocycles. The van der Waals surface area contributed by atoms with E-state index in [2.05, 4.69) is 0 Å². The Morgan fingerprint density at radius 1 is 1.29 bits per heavy atom. The summed E-state index contributed by atoms with van der Waals surface area (Å²) in [5.41, 5.74) is -0.678. The molecule has 0 amide bonds. The fourth-order valence-electron chi connectivity index (χ4n) is 0.334. The Labute approximate surface area is 121 Å². The van der Waals surface area contributed by atoms with E-state index in [0.29, 0.717) is 0 Å². The molecule has 17 heavy (non-hydrogen) atoms. The molecule has 94 valence electrons. The van der Waals surface area contributed by atoms with Crippen LogP contribution in [0, 0.1) is 5.41 Å². The molecule has 0 spiro atoms. The minimum Gasteiger partial charge on any atom is -0.544 e. The third-order valence-electron chi connectivity index (χ3n) is 1.20. The van der Waals surface area contributed by atoms with Crippen LogP contribution in [0.3, 0.4) is 0 Å². The van der Waals surface area contributed by atoms with E-state index >= 15 is 0 Å². The molecule has 10 heteroatoms. The topological polar surface area (TPSA) is 156 Å². The Morgan fingerprint density at radius 2 is 1.65 bits per heavy atom. The van der Waals surface area contributed by atoms with Crippen LogP contribution in [0.5, 0.6) is 0 Å². The average molecular weight is 277 g/mol. The zero-order valence-electron chi connectivity index (χ0n) is 9.47. The summed E-state index contributed by atoms with van der Waals surface area (Å²) in [6.45, 7) is 1.37. The van der Waals surface area contributed by atoms with Crippen molar-refractivity contribution in [2.24, 2.45) is 0 Å². The van der Waals surface area contributed by atoms with Crippen LogP contribution in [-0.4, -0.2) is 41.5 Å². The van der Waals surface area contributed by atoms with Gasteiger partial charge in [-0.3, -0.25) is 9.35 Å². The Bertz CT molecular complexity index is 364. The fourth-order valence-corrected chi connectivity index (χ4v) is 0.334. The molecule has 0 aromatic rings. The molecule has 0 heterocycles. The fraction of sp³-hybridized carbons (Fsp3) is 0.571. The second-order valence-electron chi connectivity index (χ2n) is 2.53. The monoisotopic (exact) mass is 277 g/mol. The van der Waals surface area contributed by atoms with Gasteiger partial charge in [-0.2, -0.15) is 8.42 Å². The molecule has 0 radical (unpaired) electrons. The van der Waals surface area contributed by atoms with Crippen LogP contribution in [-0.2, 0) is 19.7 Å². The number of nitrogens with one attached hydrogen (secondary N) is 1. The van der Waals surface area contributed by atoms with Gasteiger partial charge in [-0.05, 0) is 6.92 Å². The normalized spacial score (nSPS) is 9.29. The largest absolute Gasteiger partial charge is 1.00 e. The van der Waals surface area contributed by atoms with Crippen LogP contribution in [0.15, 0.2) is 0 Å². The van der Waals surface area contributed by atoms with E-state index < -0.39 is 27.8 Å². The van der Waals surface area contributed by atoms with Crippen LogP contribution >= 0.6 is 0 Å². The van der Waals surface area contributed by atoms with Gasteiger partial charge in [-0.15, -0.1) is 0 Å². The van der Waals surface area contributed by atoms with Gasteiger partial charge in [0.05, 0.1) is 23.9 Å². The standard InChI is InChI=1S/C5H7NO4.C2H6O3S.Na/c6-3(5(9)10)1-2-4(7)8;1-2-6(3,4)5;/h6H,1-2H2,(H,7,8)(H,9,10);2H2,1H3,(H,3,4,5);/q;;+1/p-1. The molecule has 0 aromatic heterocycles. The number of hydrogen-bond donors (Lipinski definition) is 3. The van der Waals surface area contributed by atoms with Gasteiger partial charge >= 0.3 is 35.5 Å². The molecule has 0 aliphatic rings. The third kappa shape index (κ3) is 21.4. The van der Waals surface area contributed by atoms with Crippen molar-refractivity contribution < 1.29 is 62.3 Å². The zero-order chi connectivity index (χ0) is 13.4. The summed E-state index contributed by atoms with van der Waals surface area (Å²) < 4.78 is 26.9. The molecule has 0 rings (SSSR count). The van der Waals surface area contributed by atoms with E-state index in [1.807, 2.05) is 0 Å². The van der Waals surface area contributed by atoms with Gasteiger partial charge in [-0.1, -0.05) is 0 Å². The summed E-state index contributed by atoms with van der Waals surface area (Å²) in [5.74, 6) is -2.93. The Hall–Kier alpha value is -0.480. The minimum absolute atomic E-state index is 0. The molecule has 3 N–H and O–H groups in total. The Morgan fingerprint density at radius 3 is 1.82 bits per heavy atom.